The summed E-state index contributed by atoms with van der Waals surface area (Å²) in [6.07, 6.45) is 8.06. The molecule has 0 aliphatic heterocycles. The smallest absolute Gasteiger partial charge is 0.154 e. The number of rotatable bonds is 5. The zero-order valence-electron chi connectivity index (χ0n) is 11.4. The summed E-state index contributed by atoms with van der Waals surface area (Å²) in [6, 6.07) is -0.0530. The van der Waals surface area contributed by atoms with Crippen LogP contribution in [0.4, 0.5) is 0 Å². The van der Waals surface area contributed by atoms with Crippen molar-refractivity contribution in [2.75, 3.05) is 12.8 Å². The van der Waals surface area contributed by atoms with Crippen molar-refractivity contribution in [3.05, 3.63) is 11.6 Å². The van der Waals surface area contributed by atoms with Crippen molar-refractivity contribution in [2.24, 2.45) is 0 Å². The maximum Gasteiger partial charge on any atom is 0.154 e. The Labute approximate surface area is 106 Å². The highest BCUT2D eigenvalue weighted by atomic mass is 32.2. The van der Waals surface area contributed by atoms with Gasteiger partial charge in [-0.3, -0.25) is 0 Å². The van der Waals surface area contributed by atoms with Crippen LogP contribution in [0.3, 0.4) is 0 Å². The van der Waals surface area contributed by atoms with Crippen molar-refractivity contribution in [3.8, 4) is 0 Å². The minimum Gasteiger partial charge on any atom is -0.309 e. The molecule has 0 spiro atoms. The molecule has 0 aromatic heterocycles. The molecule has 0 amide bonds. The average Bonchev–Trinajstić information content (AvgIpc) is 2.25. The van der Waals surface area contributed by atoms with Crippen molar-refractivity contribution < 1.29 is 8.42 Å². The lowest BCUT2D eigenvalue weighted by Crippen LogP contribution is -2.52. The van der Waals surface area contributed by atoms with E-state index in [0.29, 0.717) is 0 Å². The predicted octanol–water partition coefficient (Wildman–Crippen LogP) is 2.29. The maximum atomic E-state index is 11.9. The van der Waals surface area contributed by atoms with Crippen molar-refractivity contribution in [1.82, 2.24) is 5.32 Å². The van der Waals surface area contributed by atoms with Gasteiger partial charge in [-0.05, 0) is 46.1 Å². The third-order valence-electron chi connectivity index (χ3n) is 3.76. The number of hydrogen-bond acceptors (Lipinski definition) is 3. The molecule has 1 aliphatic carbocycles. The van der Waals surface area contributed by atoms with Crippen LogP contribution in [-0.4, -0.2) is 32.0 Å². The van der Waals surface area contributed by atoms with Crippen molar-refractivity contribution in [3.63, 3.8) is 0 Å². The van der Waals surface area contributed by atoms with Crippen LogP contribution >= 0.6 is 0 Å². The Morgan fingerprint density at radius 3 is 2.47 bits per heavy atom. The first-order valence-corrected chi connectivity index (χ1v) is 8.31. The van der Waals surface area contributed by atoms with Crippen LogP contribution in [0.1, 0.15) is 46.5 Å². The van der Waals surface area contributed by atoms with Gasteiger partial charge < -0.3 is 5.32 Å². The normalized spacial score (nSPS) is 19.9. The molecule has 1 N–H and O–H groups in total. The van der Waals surface area contributed by atoms with Crippen LogP contribution in [-0.2, 0) is 9.84 Å². The lowest BCUT2D eigenvalue weighted by molar-refractivity contribution is 0.439. The molecule has 0 bridgehead atoms. The Hall–Kier alpha value is -0.350. The lowest BCUT2D eigenvalue weighted by Gasteiger charge is -2.36. The van der Waals surface area contributed by atoms with E-state index < -0.39 is 14.6 Å². The first-order valence-electron chi connectivity index (χ1n) is 6.42. The van der Waals surface area contributed by atoms with Gasteiger partial charge in [0.25, 0.3) is 0 Å². The topological polar surface area (TPSA) is 46.2 Å². The lowest BCUT2D eigenvalue weighted by atomic mass is 9.87. The highest BCUT2D eigenvalue weighted by Gasteiger charge is 2.40. The molecule has 0 saturated carbocycles. The highest BCUT2D eigenvalue weighted by Crippen LogP contribution is 2.30. The standard InChI is InChI=1S/C13H25NO2S/c1-5-14-12(11-9-7-6-8-10-11)13(2,3)17(4,15)16/h9,12,14H,5-8,10H2,1-4H3. The van der Waals surface area contributed by atoms with Gasteiger partial charge in [0, 0.05) is 12.3 Å². The van der Waals surface area contributed by atoms with Gasteiger partial charge in [-0.25, -0.2) is 8.42 Å². The molecule has 1 aliphatic rings. The van der Waals surface area contributed by atoms with Crippen LogP contribution in [0, 0.1) is 0 Å². The Kier molecular flexibility index (Phi) is 4.78. The number of likely N-dealkylation sites (N-methyl/N-ethyl adjacent to an activating group) is 1. The molecule has 0 aromatic carbocycles. The third-order valence-corrected chi connectivity index (χ3v) is 5.90. The first kappa shape index (κ1) is 14.7. The molecular weight excluding hydrogens is 234 g/mol. The molecule has 0 saturated heterocycles. The van der Waals surface area contributed by atoms with Gasteiger partial charge in [0.15, 0.2) is 9.84 Å². The average molecular weight is 259 g/mol. The molecule has 100 valence electrons. The van der Waals surface area contributed by atoms with Gasteiger partial charge in [0.2, 0.25) is 0 Å². The van der Waals surface area contributed by atoms with E-state index in [1.807, 2.05) is 20.8 Å². The first-order chi connectivity index (χ1) is 7.80. The monoisotopic (exact) mass is 259 g/mol. The maximum absolute atomic E-state index is 11.9. The Morgan fingerprint density at radius 2 is 2.06 bits per heavy atom. The second-order valence-corrected chi connectivity index (χ2v) is 7.99. The van der Waals surface area contributed by atoms with Crippen molar-refractivity contribution in [2.45, 2.75) is 57.2 Å². The van der Waals surface area contributed by atoms with Gasteiger partial charge in [0.05, 0.1) is 4.75 Å². The molecule has 17 heavy (non-hydrogen) atoms. The SMILES string of the molecule is CCNC(C1=CCCCC1)C(C)(C)S(C)(=O)=O. The fourth-order valence-corrected chi connectivity index (χ4v) is 3.03. The Bertz CT molecular complexity index is 382. The van der Waals surface area contributed by atoms with Crippen LogP contribution in [0.25, 0.3) is 0 Å². The Balaban J connectivity index is 3.04. The molecule has 4 heteroatoms. The van der Waals surface area contributed by atoms with Crippen LogP contribution in [0.2, 0.25) is 0 Å². The van der Waals surface area contributed by atoms with Gasteiger partial charge in [-0.15, -0.1) is 0 Å². The summed E-state index contributed by atoms with van der Waals surface area (Å²) in [4.78, 5) is 0. The minimum atomic E-state index is -3.08. The molecule has 0 fully saturated rings. The van der Waals surface area contributed by atoms with Gasteiger partial charge >= 0.3 is 0 Å². The molecule has 1 atom stereocenters. The van der Waals surface area contributed by atoms with E-state index in [-0.39, 0.29) is 6.04 Å². The summed E-state index contributed by atoms with van der Waals surface area (Å²) < 4.78 is 23.1. The zero-order valence-corrected chi connectivity index (χ0v) is 12.2. The number of nitrogens with one attached hydrogen (secondary N) is 1. The molecule has 0 heterocycles. The molecule has 0 radical (unpaired) electrons. The minimum absolute atomic E-state index is 0.0530. The molecule has 1 unspecified atom stereocenters. The van der Waals surface area contributed by atoms with Crippen molar-refractivity contribution in [1.29, 1.82) is 0 Å². The molecule has 1 rings (SSSR count). The molecular formula is C13H25NO2S. The molecule has 0 aromatic rings. The predicted molar refractivity (Wildman–Crippen MR) is 72.9 cm³/mol. The highest BCUT2D eigenvalue weighted by molar-refractivity contribution is 7.92. The number of allylic oxidation sites excluding steroid dienone is 1. The van der Waals surface area contributed by atoms with E-state index in [4.69, 9.17) is 0 Å². The van der Waals surface area contributed by atoms with Crippen molar-refractivity contribution >= 4 is 9.84 Å². The zero-order chi connectivity index (χ0) is 13.1. The summed E-state index contributed by atoms with van der Waals surface area (Å²) in [7, 11) is -3.08. The fourth-order valence-electron chi connectivity index (χ4n) is 2.37. The summed E-state index contributed by atoms with van der Waals surface area (Å²) >= 11 is 0. The largest absolute Gasteiger partial charge is 0.309 e. The van der Waals surface area contributed by atoms with E-state index in [2.05, 4.69) is 11.4 Å². The Morgan fingerprint density at radius 1 is 1.41 bits per heavy atom. The van der Waals surface area contributed by atoms with Gasteiger partial charge in [0.1, 0.15) is 0 Å². The second kappa shape index (κ2) is 5.53. The van der Waals surface area contributed by atoms with Crippen LogP contribution in [0.15, 0.2) is 11.6 Å². The van der Waals surface area contributed by atoms with E-state index in [1.165, 1.54) is 24.7 Å². The quantitative estimate of drug-likeness (QED) is 0.771. The van der Waals surface area contributed by atoms with E-state index in [9.17, 15) is 8.42 Å². The third kappa shape index (κ3) is 3.32. The number of hydrogen-bond donors (Lipinski definition) is 1. The van der Waals surface area contributed by atoms with E-state index in [1.54, 1.807) is 0 Å². The summed E-state index contributed by atoms with van der Waals surface area (Å²) in [5, 5.41) is 3.35. The summed E-state index contributed by atoms with van der Waals surface area (Å²) in [5.74, 6) is 0. The van der Waals surface area contributed by atoms with E-state index in [0.717, 1.165) is 19.4 Å². The van der Waals surface area contributed by atoms with E-state index >= 15 is 0 Å². The number of sulfone groups is 1. The summed E-state index contributed by atoms with van der Waals surface area (Å²) in [5.41, 5.74) is 1.27. The van der Waals surface area contributed by atoms with Crippen LogP contribution in [0.5, 0.6) is 0 Å². The summed E-state index contributed by atoms with van der Waals surface area (Å²) in [6.45, 7) is 6.46. The molecule has 3 nitrogen and oxygen atoms in total. The van der Waals surface area contributed by atoms with Gasteiger partial charge in [-0.1, -0.05) is 18.6 Å². The fraction of sp³-hybridized carbons (Fsp3) is 0.846. The van der Waals surface area contributed by atoms with Gasteiger partial charge in [-0.2, -0.15) is 0 Å². The van der Waals surface area contributed by atoms with Crippen LogP contribution < -0.4 is 5.32 Å². The second-order valence-electron chi connectivity index (χ2n) is 5.39.